The number of nitrogens with zero attached hydrogens (tertiary/aromatic N) is 4. The number of hydrogen-bond donors (Lipinski definition) is 1. The molecule has 0 aliphatic heterocycles. The number of terminal acetylenes is 1. The van der Waals surface area contributed by atoms with Gasteiger partial charge in [-0.25, -0.2) is 26.7 Å². The Balaban J connectivity index is 1.74. The lowest BCUT2D eigenvalue weighted by Gasteiger charge is -2.10. The second-order valence-corrected chi connectivity index (χ2v) is 7.49. The molecule has 1 aromatic carbocycles. The molecule has 0 aliphatic rings. The van der Waals surface area contributed by atoms with Crippen LogP contribution in [0.5, 0.6) is 0 Å². The number of aromatic nitrogens is 4. The number of rotatable bonds is 4. The Kier molecular flexibility index (Phi) is 4.14. The summed E-state index contributed by atoms with van der Waals surface area (Å²) in [6.45, 7) is 0. The van der Waals surface area contributed by atoms with E-state index in [0.29, 0.717) is 28.7 Å². The molecule has 0 unspecified atom stereocenters. The number of halogens is 2. The van der Waals surface area contributed by atoms with E-state index in [2.05, 4.69) is 25.7 Å². The van der Waals surface area contributed by atoms with Gasteiger partial charge in [0, 0.05) is 17.8 Å². The third kappa shape index (κ3) is 3.51. The van der Waals surface area contributed by atoms with Crippen molar-refractivity contribution in [3.8, 4) is 23.6 Å². The molecule has 4 rings (SSSR count). The largest absolute Gasteiger partial charge is 0.278 e. The molecule has 144 valence electrons. The summed E-state index contributed by atoms with van der Waals surface area (Å²) in [5, 5.41) is 4.36. The lowest BCUT2D eigenvalue weighted by Crippen LogP contribution is -2.15. The molecule has 0 aliphatic carbocycles. The van der Waals surface area contributed by atoms with Crippen molar-refractivity contribution < 1.29 is 18.6 Å². The van der Waals surface area contributed by atoms with Gasteiger partial charge in [0.05, 0.1) is 25.1 Å². The summed E-state index contributed by atoms with van der Waals surface area (Å²) < 4.78 is 63.5. The van der Waals surface area contributed by atoms with Crippen molar-refractivity contribution in [3.05, 3.63) is 72.3 Å². The third-order valence-corrected chi connectivity index (χ3v) is 5.32. The van der Waals surface area contributed by atoms with Gasteiger partial charge in [0.2, 0.25) is 0 Å². The highest BCUT2D eigenvalue weighted by atomic mass is 32.2. The summed E-state index contributed by atoms with van der Waals surface area (Å²) in [6, 6.07) is 6.69. The first kappa shape index (κ1) is 17.3. The minimum atomic E-state index is -4.43. The molecule has 0 fully saturated rings. The fraction of sp³-hybridized carbons (Fsp3) is 0. The molecule has 1 N–H and O–H groups in total. The molecular formula is C19H11F2N5O2S. The monoisotopic (exact) mass is 412 g/mol. The van der Waals surface area contributed by atoms with Crippen LogP contribution in [0.15, 0.2) is 59.9 Å². The van der Waals surface area contributed by atoms with E-state index in [4.69, 9.17) is 7.79 Å². The topological polar surface area (TPSA) is 89.2 Å². The minimum absolute atomic E-state index is 0.207. The van der Waals surface area contributed by atoms with Crippen molar-refractivity contribution in [2.24, 2.45) is 0 Å². The van der Waals surface area contributed by atoms with E-state index in [1.165, 1.54) is 23.0 Å². The quantitative estimate of drug-likeness (QED) is 0.521. The normalized spacial score (nSPS) is 11.8. The number of hydrogen-bond acceptors (Lipinski definition) is 5. The lowest BCUT2D eigenvalue weighted by atomic mass is 10.2. The predicted octanol–water partition coefficient (Wildman–Crippen LogP) is 2.85. The Morgan fingerprint density at radius 3 is 2.76 bits per heavy atom. The first-order chi connectivity index (χ1) is 14.3. The Bertz CT molecular complexity index is 1450. The van der Waals surface area contributed by atoms with Crippen LogP contribution < -0.4 is 4.72 Å². The number of nitrogens with one attached hydrogen (secondary N) is 1. The van der Waals surface area contributed by atoms with Crippen LogP contribution in [-0.2, 0) is 10.0 Å². The van der Waals surface area contributed by atoms with Crippen LogP contribution in [0.3, 0.4) is 0 Å². The first-order valence-electron chi connectivity index (χ1n) is 8.55. The van der Waals surface area contributed by atoms with Gasteiger partial charge in [-0.1, -0.05) is 0 Å². The highest BCUT2D eigenvalue weighted by molar-refractivity contribution is 7.92. The maximum Gasteiger partial charge on any atom is 0.264 e. The van der Waals surface area contributed by atoms with Crippen molar-refractivity contribution in [2.45, 2.75) is 4.90 Å². The van der Waals surface area contributed by atoms with Crippen LogP contribution in [0.1, 0.15) is 7.06 Å². The van der Waals surface area contributed by atoms with Crippen molar-refractivity contribution in [1.82, 2.24) is 19.6 Å². The molecule has 29 heavy (non-hydrogen) atoms. The third-order valence-electron chi connectivity index (χ3n) is 3.92. The van der Waals surface area contributed by atoms with Crippen LogP contribution in [0.4, 0.5) is 14.5 Å². The summed E-state index contributed by atoms with van der Waals surface area (Å²) in [4.78, 5) is 7.21. The van der Waals surface area contributed by atoms with E-state index in [9.17, 15) is 17.2 Å². The second-order valence-electron chi connectivity index (χ2n) is 5.84. The van der Waals surface area contributed by atoms with Crippen molar-refractivity contribution in [3.63, 3.8) is 0 Å². The van der Waals surface area contributed by atoms with E-state index in [0.717, 1.165) is 12.1 Å². The smallest absolute Gasteiger partial charge is 0.264 e. The summed E-state index contributed by atoms with van der Waals surface area (Å²) in [7, 11) is -4.43. The summed E-state index contributed by atoms with van der Waals surface area (Å²) in [5.41, 5.74) is 1.50. The minimum Gasteiger partial charge on any atom is -0.278 e. The zero-order chi connectivity index (χ0) is 21.5. The van der Waals surface area contributed by atoms with Gasteiger partial charge in [0.25, 0.3) is 10.0 Å². The van der Waals surface area contributed by atoms with Gasteiger partial charge < -0.3 is 0 Å². The molecule has 0 saturated carbocycles. The fourth-order valence-corrected chi connectivity index (χ4v) is 3.67. The molecule has 3 heterocycles. The zero-order valence-electron chi connectivity index (χ0n) is 15.5. The Labute approximate surface area is 165 Å². The number of anilines is 1. The summed E-state index contributed by atoms with van der Waals surface area (Å²) in [5.74, 6) is 0.276. The lowest BCUT2D eigenvalue weighted by molar-refractivity contribution is 0.551. The first-order valence-corrected chi connectivity index (χ1v) is 9.53. The van der Waals surface area contributed by atoms with Gasteiger partial charge in [-0.3, -0.25) is 9.71 Å². The van der Waals surface area contributed by atoms with Gasteiger partial charge in [-0.05, 0) is 36.3 Å². The van der Waals surface area contributed by atoms with E-state index < -0.39 is 32.7 Å². The summed E-state index contributed by atoms with van der Waals surface area (Å²) in [6.07, 6.45) is 7.84. The van der Waals surface area contributed by atoms with Crippen molar-refractivity contribution in [1.29, 1.82) is 0 Å². The van der Waals surface area contributed by atoms with E-state index >= 15 is 0 Å². The fourth-order valence-electron chi connectivity index (χ4n) is 2.61. The van der Waals surface area contributed by atoms with E-state index in [1.807, 2.05) is 0 Å². The Morgan fingerprint density at radius 1 is 1.17 bits per heavy atom. The van der Waals surface area contributed by atoms with Crippen LogP contribution >= 0.6 is 0 Å². The number of pyridine rings is 1. The van der Waals surface area contributed by atoms with Crippen LogP contribution in [0.25, 0.3) is 16.9 Å². The highest BCUT2D eigenvalue weighted by Crippen LogP contribution is 2.23. The molecule has 4 aromatic rings. The van der Waals surface area contributed by atoms with E-state index in [1.54, 1.807) is 12.1 Å². The number of imidazole rings is 1. The molecular weight excluding hydrogens is 400 g/mol. The average molecular weight is 412 g/mol. The zero-order valence-corrected chi connectivity index (χ0v) is 15.3. The molecule has 0 spiro atoms. The van der Waals surface area contributed by atoms with Gasteiger partial charge in [0.15, 0.2) is 5.65 Å². The maximum atomic E-state index is 13.9. The van der Waals surface area contributed by atoms with Crippen LogP contribution in [0.2, 0.25) is 0 Å². The molecule has 0 saturated heterocycles. The average Bonchev–Trinajstić information content (AvgIpc) is 3.11. The Hall–Kier alpha value is -3.84. The maximum absolute atomic E-state index is 13.9. The molecule has 7 nitrogen and oxygen atoms in total. The molecule has 0 amide bonds. The van der Waals surface area contributed by atoms with Crippen molar-refractivity contribution in [2.75, 3.05) is 4.72 Å². The molecule has 10 heteroatoms. The van der Waals surface area contributed by atoms with Crippen LogP contribution in [0, 0.1) is 24.0 Å². The SMILES string of the molecule is [2H]c1ncc(-c2ccc3ncc(C#C)n3n2)cc1NS(=O)(=O)c1ccc(F)cc1F. The second kappa shape index (κ2) is 6.96. The molecule has 0 bridgehead atoms. The Morgan fingerprint density at radius 2 is 2.00 bits per heavy atom. The van der Waals surface area contributed by atoms with E-state index in [-0.39, 0.29) is 5.69 Å². The standard InChI is InChI=1S/C19H11F2N5O2S/c1-2-15-11-23-19-6-4-17(24-26(15)19)12-7-14(10-22-9-12)25-29(27,28)18-5-3-13(20)8-16(18)21/h1,3-11,25H/i10D. The van der Waals surface area contributed by atoms with Crippen molar-refractivity contribution >= 4 is 21.4 Å². The molecule has 3 aromatic heterocycles. The number of sulfonamides is 1. The number of fused-ring (bicyclic) bond motifs is 1. The highest BCUT2D eigenvalue weighted by Gasteiger charge is 2.20. The van der Waals surface area contributed by atoms with Gasteiger partial charge in [-0.2, -0.15) is 5.10 Å². The number of benzene rings is 1. The van der Waals surface area contributed by atoms with Gasteiger partial charge in [0.1, 0.15) is 22.2 Å². The van der Waals surface area contributed by atoms with Crippen LogP contribution in [-0.4, -0.2) is 28.0 Å². The summed E-state index contributed by atoms with van der Waals surface area (Å²) >= 11 is 0. The molecule has 0 radical (unpaired) electrons. The van der Waals surface area contributed by atoms with Gasteiger partial charge >= 0.3 is 0 Å². The molecule has 0 atom stereocenters. The van der Waals surface area contributed by atoms with Gasteiger partial charge in [-0.15, -0.1) is 6.42 Å². The predicted molar refractivity (Wildman–Crippen MR) is 101 cm³/mol.